The molecule has 22 heavy (non-hydrogen) atoms. The van der Waals surface area contributed by atoms with E-state index < -0.39 is 5.97 Å². The largest absolute Gasteiger partial charge is 0.543 e. The third kappa shape index (κ3) is 2.96. The summed E-state index contributed by atoms with van der Waals surface area (Å²) in [5.74, 6) is -1.23. The number of carbonyl (C=O) groups excluding carboxylic acids is 1. The van der Waals surface area contributed by atoms with E-state index in [0.717, 1.165) is 0 Å². The zero-order valence-corrected chi connectivity index (χ0v) is 13.4. The van der Waals surface area contributed by atoms with Crippen molar-refractivity contribution in [3.8, 4) is 0 Å². The highest BCUT2D eigenvalue weighted by molar-refractivity contribution is 6.30. The summed E-state index contributed by atoms with van der Waals surface area (Å²) in [5.41, 5.74) is 1.29. The monoisotopic (exact) mass is 321 g/mol. The van der Waals surface area contributed by atoms with Crippen molar-refractivity contribution >= 4 is 23.2 Å². The fourth-order valence-corrected chi connectivity index (χ4v) is 3.56. The van der Waals surface area contributed by atoms with Gasteiger partial charge in [0.05, 0.1) is 24.1 Å². The maximum atomic E-state index is 11.4. The number of halogens is 1. The van der Waals surface area contributed by atoms with Gasteiger partial charge in [0.2, 0.25) is 0 Å². The Morgan fingerprint density at radius 3 is 2.82 bits per heavy atom. The lowest BCUT2D eigenvalue weighted by Crippen LogP contribution is -3.11. The van der Waals surface area contributed by atoms with Gasteiger partial charge in [0.1, 0.15) is 23.6 Å². The lowest BCUT2D eigenvalue weighted by molar-refractivity contribution is -0.921. The van der Waals surface area contributed by atoms with Crippen molar-refractivity contribution < 1.29 is 14.8 Å². The van der Waals surface area contributed by atoms with Crippen LogP contribution < -0.4 is 10.0 Å². The lowest BCUT2D eigenvalue weighted by Gasteiger charge is -2.28. The minimum absolute atomic E-state index is 0.0254. The molecule has 0 spiro atoms. The van der Waals surface area contributed by atoms with Crippen LogP contribution in [0.5, 0.6) is 0 Å². The first-order valence-electron chi connectivity index (χ1n) is 7.76. The zero-order valence-electron chi connectivity index (χ0n) is 12.6. The van der Waals surface area contributed by atoms with Gasteiger partial charge >= 0.3 is 0 Å². The second kappa shape index (κ2) is 6.26. The number of carboxylic acid groups (broad SMARTS) is 1. The number of carboxylic acids is 1. The highest BCUT2D eigenvalue weighted by Gasteiger charge is 2.24. The summed E-state index contributed by atoms with van der Waals surface area (Å²) < 4.78 is 1.78. The van der Waals surface area contributed by atoms with E-state index in [4.69, 9.17) is 11.6 Å². The topological polar surface area (TPSA) is 61.9 Å². The fourth-order valence-electron chi connectivity index (χ4n) is 3.40. The van der Waals surface area contributed by atoms with E-state index >= 15 is 0 Å². The Morgan fingerprint density at radius 1 is 1.41 bits per heavy atom. The van der Waals surface area contributed by atoms with Crippen molar-refractivity contribution in [2.45, 2.75) is 44.7 Å². The molecule has 5 nitrogen and oxygen atoms in total. The van der Waals surface area contributed by atoms with Crippen molar-refractivity contribution in [2.24, 2.45) is 0 Å². The molecule has 1 unspecified atom stereocenters. The maximum Gasteiger partial charge on any atom is 0.137 e. The first-order chi connectivity index (χ1) is 10.6. The van der Waals surface area contributed by atoms with E-state index in [1.165, 1.54) is 37.0 Å². The average Bonchev–Trinajstić information content (AvgIpc) is 2.86. The van der Waals surface area contributed by atoms with Gasteiger partial charge in [0.25, 0.3) is 0 Å². The summed E-state index contributed by atoms with van der Waals surface area (Å²) in [6, 6.07) is 4.02. The van der Waals surface area contributed by atoms with Crippen molar-refractivity contribution in [2.75, 3.05) is 7.05 Å². The minimum atomic E-state index is -1.23. The Labute approximate surface area is 134 Å². The van der Waals surface area contributed by atoms with Crippen molar-refractivity contribution in [1.29, 1.82) is 0 Å². The molecule has 2 aromatic rings. The number of fused-ring (bicyclic) bond motifs is 1. The van der Waals surface area contributed by atoms with E-state index in [-0.39, 0.29) is 5.69 Å². The summed E-state index contributed by atoms with van der Waals surface area (Å²) in [4.78, 5) is 16.9. The Kier molecular flexibility index (Phi) is 4.36. The molecule has 0 amide bonds. The van der Waals surface area contributed by atoms with Crippen LogP contribution >= 0.6 is 11.6 Å². The highest BCUT2D eigenvalue weighted by atomic mass is 35.5. The Morgan fingerprint density at radius 2 is 2.14 bits per heavy atom. The van der Waals surface area contributed by atoms with E-state index in [1.807, 2.05) is 0 Å². The van der Waals surface area contributed by atoms with Gasteiger partial charge in [-0.15, -0.1) is 0 Å². The zero-order chi connectivity index (χ0) is 15.7. The SMILES string of the molecule is C[NH+](Cc1c(C(=O)[O-])nc2ccc(Cl)cn12)C1CCCCC1. The van der Waals surface area contributed by atoms with Gasteiger partial charge in [-0.05, 0) is 37.8 Å². The number of imidazole rings is 1. The van der Waals surface area contributed by atoms with Crippen molar-refractivity contribution in [1.82, 2.24) is 9.38 Å². The minimum Gasteiger partial charge on any atom is -0.543 e. The molecule has 2 heterocycles. The second-order valence-corrected chi connectivity index (χ2v) is 6.56. The molecule has 1 atom stereocenters. The van der Waals surface area contributed by atoms with Crippen molar-refractivity contribution in [3.05, 3.63) is 34.7 Å². The molecule has 2 aromatic heterocycles. The van der Waals surface area contributed by atoms with Crippen LogP contribution in [0.3, 0.4) is 0 Å². The fraction of sp³-hybridized carbons (Fsp3) is 0.500. The molecular formula is C16H20ClN3O2. The predicted octanol–water partition coefficient (Wildman–Crippen LogP) is 0.699. The second-order valence-electron chi connectivity index (χ2n) is 6.13. The van der Waals surface area contributed by atoms with Gasteiger partial charge in [-0.2, -0.15) is 0 Å². The number of carbonyl (C=O) groups is 1. The van der Waals surface area contributed by atoms with Gasteiger partial charge in [0.15, 0.2) is 0 Å². The van der Waals surface area contributed by atoms with E-state index in [1.54, 1.807) is 22.7 Å². The van der Waals surface area contributed by atoms with Gasteiger partial charge in [-0.1, -0.05) is 18.0 Å². The van der Waals surface area contributed by atoms with Crippen LogP contribution in [-0.4, -0.2) is 28.4 Å². The summed E-state index contributed by atoms with van der Waals surface area (Å²) in [6.45, 7) is 0.607. The number of aromatic nitrogens is 2. The number of quaternary nitrogens is 1. The quantitative estimate of drug-likeness (QED) is 0.901. The highest BCUT2D eigenvalue weighted by Crippen LogP contribution is 2.18. The standard InChI is InChI=1S/C16H20ClN3O2/c1-19(12-5-3-2-4-6-12)10-13-15(16(21)22)18-14-8-7-11(17)9-20(13)14/h7-9,12H,2-6,10H2,1H3,(H,21,22). The number of hydrogen-bond donors (Lipinski definition) is 1. The molecular weight excluding hydrogens is 302 g/mol. The van der Waals surface area contributed by atoms with Gasteiger partial charge in [0, 0.05) is 6.20 Å². The molecule has 1 fully saturated rings. The average molecular weight is 322 g/mol. The molecule has 6 heteroatoms. The summed E-state index contributed by atoms with van der Waals surface area (Å²) in [6.07, 6.45) is 7.94. The molecule has 0 aromatic carbocycles. The van der Waals surface area contributed by atoms with Crippen LogP contribution in [0.4, 0.5) is 0 Å². The molecule has 118 valence electrons. The Hall–Kier alpha value is -1.59. The van der Waals surface area contributed by atoms with Crippen molar-refractivity contribution in [3.63, 3.8) is 0 Å². The molecule has 1 saturated carbocycles. The van der Waals surface area contributed by atoms with E-state index in [2.05, 4.69) is 12.0 Å². The first kappa shape index (κ1) is 15.3. The number of aromatic carboxylic acids is 1. The Bertz CT molecular complexity index is 692. The molecule has 0 radical (unpaired) electrons. The molecule has 3 rings (SSSR count). The van der Waals surface area contributed by atoms with Crippen LogP contribution in [0.1, 0.15) is 48.3 Å². The van der Waals surface area contributed by atoms with Gasteiger partial charge < -0.3 is 14.8 Å². The van der Waals surface area contributed by atoms with Crippen LogP contribution in [-0.2, 0) is 6.54 Å². The molecule has 1 N–H and O–H groups in total. The van der Waals surface area contributed by atoms with Crippen LogP contribution in [0, 0.1) is 0 Å². The van der Waals surface area contributed by atoms with Crippen LogP contribution in [0.2, 0.25) is 5.02 Å². The Balaban J connectivity index is 1.95. The molecule has 1 aliphatic carbocycles. The van der Waals surface area contributed by atoms with Gasteiger partial charge in [-0.25, -0.2) is 4.98 Å². The number of nitrogens with one attached hydrogen (secondary N) is 1. The summed E-state index contributed by atoms with van der Waals surface area (Å²) >= 11 is 6.05. The smallest absolute Gasteiger partial charge is 0.137 e. The number of rotatable bonds is 4. The third-order valence-corrected chi connectivity index (χ3v) is 4.85. The lowest BCUT2D eigenvalue weighted by atomic mass is 9.94. The van der Waals surface area contributed by atoms with E-state index in [9.17, 15) is 9.90 Å². The molecule has 0 bridgehead atoms. The summed E-state index contributed by atoms with van der Waals surface area (Å²) in [7, 11) is 2.12. The molecule has 1 aliphatic rings. The number of nitrogens with zero attached hydrogens (tertiary/aromatic N) is 2. The van der Waals surface area contributed by atoms with E-state index in [0.29, 0.717) is 29.0 Å². The predicted molar refractivity (Wildman–Crippen MR) is 82.0 cm³/mol. The third-order valence-electron chi connectivity index (χ3n) is 4.62. The van der Waals surface area contributed by atoms with Crippen LogP contribution in [0.15, 0.2) is 18.3 Å². The molecule has 0 aliphatic heterocycles. The van der Waals surface area contributed by atoms with Crippen LogP contribution in [0.25, 0.3) is 5.65 Å². The normalized spacial score (nSPS) is 17.7. The maximum absolute atomic E-state index is 11.4. The number of pyridine rings is 1. The number of hydrogen-bond acceptors (Lipinski definition) is 3. The first-order valence-corrected chi connectivity index (χ1v) is 8.14. The van der Waals surface area contributed by atoms with Gasteiger partial charge in [-0.3, -0.25) is 4.40 Å². The summed E-state index contributed by atoms with van der Waals surface area (Å²) in [5, 5.41) is 12.0. The molecule has 0 saturated heterocycles.